The van der Waals surface area contributed by atoms with Gasteiger partial charge in [-0.05, 0) is 18.3 Å². The van der Waals surface area contributed by atoms with Crippen LogP contribution in [0.4, 0.5) is 0 Å². The number of carbonyl (C=O) groups is 1. The third kappa shape index (κ3) is 5.47. The fraction of sp³-hybridized carbons (Fsp3) is 0.889. The van der Waals surface area contributed by atoms with E-state index in [9.17, 15) is 4.79 Å². The maximum atomic E-state index is 10.7. The predicted octanol–water partition coefficient (Wildman–Crippen LogP) is 2.14. The zero-order valence-corrected chi connectivity index (χ0v) is 8.93. The Hall–Kier alpha value is -0.180. The molecule has 0 saturated carbocycles. The lowest BCUT2D eigenvalue weighted by molar-refractivity contribution is -0.140. The molecule has 0 aliphatic rings. The van der Waals surface area contributed by atoms with Crippen LogP contribution in [-0.2, 0) is 9.53 Å². The highest BCUT2D eigenvalue weighted by Gasteiger charge is 2.07. The first-order valence-corrected chi connectivity index (χ1v) is 4.97. The second-order valence-electron chi connectivity index (χ2n) is 3.39. The van der Waals surface area contributed by atoms with Crippen LogP contribution >= 0.6 is 12.6 Å². The van der Waals surface area contributed by atoms with E-state index in [4.69, 9.17) is 4.74 Å². The molecule has 72 valence electrons. The topological polar surface area (TPSA) is 26.3 Å². The molecule has 3 heteroatoms. The lowest BCUT2D eigenvalue weighted by Crippen LogP contribution is -2.12. The Kier molecular flexibility index (Phi) is 6.25. The zero-order valence-electron chi connectivity index (χ0n) is 8.04. The van der Waals surface area contributed by atoms with Crippen molar-refractivity contribution in [2.45, 2.75) is 27.2 Å². The maximum absolute atomic E-state index is 10.7. The van der Waals surface area contributed by atoms with Crippen molar-refractivity contribution < 1.29 is 9.53 Å². The quantitative estimate of drug-likeness (QED) is 0.531. The van der Waals surface area contributed by atoms with Gasteiger partial charge in [0.2, 0.25) is 0 Å². The molecule has 0 aromatic heterocycles. The van der Waals surface area contributed by atoms with Crippen molar-refractivity contribution in [3.8, 4) is 0 Å². The van der Waals surface area contributed by atoms with Crippen LogP contribution in [0.2, 0.25) is 0 Å². The number of esters is 1. The monoisotopic (exact) mass is 190 g/mol. The van der Waals surface area contributed by atoms with Gasteiger partial charge in [-0.3, -0.25) is 4.79 Å². The molecule has 0 aromatic rings. The average Bonchev–Trinajstić information content (AvgIpc) is 2.03. The summed E-state index contributed by atoms with van der Waals surface area (Å²) in [7, 11) is 0. The Labute approximate surface area is 80.1 Å². The molecule has 1 atom stereocenters. The van der Waals surface area contributed by atoms with Crippen LogP contribution in [0.1, 0.15) is 27.2 Å². The van der Waals surface area contributed by atoms with E-state index in [2.05, 4.69) is 33.4 Å². The van der Waals surface area contributed by atoms with Gasteiger partial charge < -0.3 is 4.74 Å². The second kappa shape index (κ2) is 6.35. The SMILES string of the molecule is CC(C)C(C)CCOC(=O)CS. The minimum absolute atomic E-state index is 0.177. The van der Waals surface area contributed by atoms with Crippen LogP contribution in [-0.4, -0.2) is 18.3 Å². The first-order valence-electron chi connectivity index (χ1n) is 4.34. The molecule has 2 nitrogen and oxygen atoms in total. The third-order valence-electron chi connectivity index (χ3n) is 2.10. The van der Waals surface area contributed by atoms with Crippen molar-refractivity contribution >= 4 is 18.6 Å². The van der Waals surface area contributed by atoms with Crippen LogP contribution in [0.25, 0.3) is 0 Å². The van der Waals surface area contributed by atoms with Crippen molar-refractivity contribution in [3.63, 3.8) is 0 Å². The molecule has 0 aromatic carbocycles. The minimum atomic E-state index is -0.228. The zero-order chi connectivity index (χ0) is 9.56. The smallest absolute Gasteiger partial charge is 0.315 e. The third-order valence-corrected chi connectivity index (χ3v) is 2.36. The summed E-state index contributed by atoms with van der Waals surface area (Å²) in [5.74, 6) is 1.21. The molecule has 0 heterocycles. The average molecular weight is 190 g/mol. The first kappa shape index (κ1) is 11.8. The Bertz CT molecular complexity index is 134. The Morgan fingerprint density at radius 1 is 1.42 bits per heavy atom. The summed E-state index contributed by atoms with van der Waals surface area (Å²) in [6.45, 7) is 7.04. The van der Waals surface area contributed by atoms with Gasteiger partial charge in [-0.1, -0.05) is 20.8 Å². The van der Waals surface area contributed by atoms with Gasteiger partial charge in [-0.2, -0.15) is 12.6 Å². The van der Waals surface area contributed by atoms with E-state index < -0.39 is 0 Å². The normalized spacial score (nSPS) is 13.1. The van der Waals surface area contributed by atoms with E-state index in [1.807, 2.05) is 0 Å². The molecule has 0 saturated heterocycles. The van der Waals surface area contributed by atoms with Gasteiger partial charge in [0.05, 0.1) is 12.4 Å². The standard InChI is InChI=1S/C9H18O2S/c1-7(2)8(3)4-5-11-9(10)6-12/h7-8,12H,4-6H2,1-3H3. The van der Waals surface area contributed by atoms with E-state index >= 15 is 0 Å². The minimum Gasteiger partial charge on any atom is -0.465 e. The Morgan fingerprint density at radius 2 is 2.00 bits per heavy atom. The lowest BCUT2D eigenvalue weighted by atomic mass is 9.95. The van der Waals surface area contributed by atoms with Crippen LogP contribution < -0.4 is 0 Å². The summed E-state index contributed by atoms with van der Waals surface area (Å²) in [5, 5.41) is 0. The second-order valence-corrected chi connectivity index (χ2v) is 3.70. The van der Waals surface area contributed by atoms with Crippen molar-refractivity contribution in [3.05, 3.63) is 0 Å². The van der Waals surface area contributed by atoms with Crippen LogP contribution in [0.3, 0.4) is 0 Å². The Balaban J connectivity index is 3.37. The lowest BCUT2D eigenvalue weighted by Gasteiger charge is -2.14. The highest BCUT2D eigenvalue weighted by molar-refractivity contribution is 7.81. The number of carbonyl (C=O) groups excluding carboxylic acids is 1. The highest BCUT2D eigenvalue weighted by atomic mass is 32.1. The fourth-order valence-corrected chi connectivity index (χ4v) is 0.829. The molecular formula is C9H18O2S. The van der Waals surface area contributed by atoms with E-state index in [1.165, 1.54) is 0 Å². The Morgan fingerprint density at radius 3 is 2.42 bits per heavy atom. The number of hydrogen-bond donors (Lipinski definition) is 1. The van der Waals surface area contributed by atoms with Crippen molar-refractivity contribution in [1.82, 2.24) is 0 Å². The number of hydrogen-bond acceptors (Lipinski definition) is 3. The first-order chi connectivity index (χ1) is 5.57. The van der Waals surface area contributed by atoms with Gasteiger partial charge in [0.1, 0.15) is 0 Å². The molecule has 1 unspecified atom stereocenters. The summed E-state index contributed by atoms with van der Waals surface area (Å²) >= 11 is 3.81. The van der Waals surface area contributed by atoms with E-state index in [-0.39, 0.29) is 11.7 Å². The number of ether oxygens (including phenoxy) is 1. The van der Waals surface area contributed by atoms with Crippen LogP contribution in [0.5, 0.6) is 0 Å². The molecule has 0 N–H and O–H groups in total. The molecule has 0 bridgehead atoms. The van der Waals surface area contributed by atoms with Crippen LogP contribution in [0, 0.1) is 11.8 Å². The van der Waals surface area contributed by atoms with E-state index in [1.54, 1.807) is 0 Å². The van der Waals surface area contributed by atoms with E-state index in [0.29, 0.717) is 18.4 Å². The van der Waals surface area contributed by atoms with Gasteiger partial charge >= 0.3 is 5.97 Å². The number of rotatable bonds is 5. The van der Waals surface area contributed by atoms with Gasteiger partial charge in [0.15, 0.2) is 0 Å². The summed E-state index contributed by atoms with van der Waals surface area (Å²) in [6, 6.07) is 0. The molecule has 0 amide bonds. The van der Waals surface area contributed by atoms with Crippen molar-refractivity contribution in [1.29, 1.82) is 0 Å². The largest absolute Gasteiger partial charge is 0.465 e. The fourth-order valence-electron chi connectivity index (χ4n) is 0.738. The maximum Gasteiger partial charge on any atom is 0.315 e. The van der Waals surface area contributed by atoms with Gasteiger partial charge in [-0.25, -0.2) is 0 Å². The van der Waals surface area contributed by atoms with Gasteiger partial charge in [0.25, 0.3) is 0 Å². The molecular weight excluding hydrogens is 172 g/mol. The molecule has 0 rings (SSSR count). The summed E-state index contributed by atoms with van der Waals surface area (Å²) in [6.07, 6.45) is 0.942. The summed E-state index contributed by atoms with van der Waals surface area (Å²) in [4.78, 5) is 10.7. The predicted molar refractivity (Wildman–Crippen MR) is 53.4 cm³/mol. The molecule has 0 radical (unpaired) electrons. The van der Waals surface area contributed by atoms with Crippen LogP contribution in [0.15, 0.2) is 0 Å². The van der Waals surface area contributed by atoms with Gasteiger partial charge in [0, 0.05) is 0 Å². The summed E-state index contributed by atoms with van der Waals surface area (Å²) < 4.78 is 4.90. The summed E-state index contributed by atoms with van der Waals surface area (Å²) in [5.41, 5.74) is 0. The highest BCUT2D eigenvalue weighted by Crippen LogP contribution is 2.13. The molecule has 0 aliphatic carbocycles. The molecule has 0 aliphatic heterocycles. The molecule has 0 fully saturated rings. The van der Waals surface area contributed by atoms with Crippen molar-refractivity contribution in [2.24, 2.45) is 11.8 Å². The molecule has 0 spiro atoms. The number of thiol groups is 1. The van der Waals surface area contributed by atoms with E-state index in [0.717, 1.165) is 6.42 Å². The molecule has 12 heavy (non-hydrogen) atoms. The van der Waals surface area contributed by atoms with Crippen molar-refractivity contribution in [2.75, 3.05) is 12.4 Å². The van der Waals surface area contributed by atoms with Gasteiger partial charge in [-0.15, -0.1) is 0 Å².